The van der Waals surface area contributed by atoms with Gasteiger partial charge in [-0.05, 0) is 47.3 Å². The summed E-state index contributed by atoms with van der Waals surface area (Å²) >= 11 is 3.30. The maximum absolute atomic E-state index is 11.9. The van der Waals surface area contributed by atoms with Gasteiger partial charge in [0.05, 0.1) is 9.99 Å². The summed E-state index contributed by atoms with van der Waals surface area (Å²) in [6.45, 7) is 4.03. The number of hydrogen-bond acceptors (Lipinski definition) is 1. The summed E-state index contributed by atoms with van der Waals surface area (Å²) in [6.07, 6.45) is 0. The molecular formula is C12H12BrNO. The standard InChI is InChI=1S/C12H12BrNO/c1-8(2)14-11-6-4-3-5-9(11)7-10(13)12(14)15/h3-8H,1-2H3. The molecule has 0 N–H and O–H groups in total. The number of fused-ring (bicyclic) bond motifs is 1. The predicted octanol–water partition coefficient (Wildman–Crippen LogP) is 3.34. The van der Waals surface area contributed by atoms with Gasteiger partial charge in [-0.1, -0.05) is 18.2 Å². The molecule has 0 aliphatic heterocycles. The summed E-state index contributed by atoms with van der Waals surface area (Å²) in [5, 5.41) is 1.08. The second-order valence-electron chi connectivity index (χ2n) is 3.82. The molecule has 0 atom stereocenters. The molecule has 0 saturated carbocycles. The van der Waals surface area contributed by atoms with Crippen LogP contribution in [0.25, 0.3) is 10.9 Å². The third-order valence-electron chi connectivity index (χ3n) is 2.42. The molecule has 0 aliphatic carbocycles. The smallest absolute Gasteiger partial charge is 0.265 e. The summed E-state index contributed by atoms with van der Waals surface area (Å²) in [4.78, 5) is 11.9. The van der Waals surface area contributed by atoms with Crippen molar-refractivity contribution in [1.82, 2.24) is 4.57 Å². The lowest BCUT2D eigenvalue weighted by Gasteiger charge is -2.14. The highest BCUT2D eigenvalue weighted by Crippen LogP contribution is 2.18. The van der Waals surface area contributed by atoms with Crippen LogP contribution in [0.4, 0.5) is 0 Å². The molecule has 0 unspecified atom stereocenters. The molecule has 0 bridgehead atoms. The fraction of sp³-hybridized carbons (Fsp3) is 0.250. The molecule has 2 rings (SSSR count). The fourth-order valence-electron chi connectivity index (χ4n) is 1.76. The van der Waals surface area contributed by atoms with Gasteiger partial charge in [0.1, 0.15) is 0 Å². The third kappa shape index (κ3) is 1.72. The van der Waals surface area contributed by atoms with E-state index in [4.69, 9.17) is 0 Å². The maximum Gasteiger partial charge on any atom is 0.265 e. The van der Waals surface area contributed by atoms with Crippen LogP contribution in [-0.2, 0) is 0 Å². The van der Waals surface area contributed by atoms with Crippen molar-refractivity contribution in [3.05, 3.63) is 45.2 Å². The van der Waals surface area contributed by atoms with Gasteiger partial charge in [-0.25, -0.2) is 0 Å². The number of benzene rings is 1. The Labute approximate surface area is 96.7 Å². The zero-order chi connectivity index (χ0) is 11.0. The van der Waals surface area contributed by atoms with Gasteiger partial charge in [0.25, 0.3) is 5.56 Å². The van der Waals surface area contributed by atoms with Gasteiger partial charge in [0, 0.05) is 6.04 Å². The van der Waals surface area contributed by atoms with E-state index in [9.17, 15) is 4.79 Å². The summed E-state index contributed by atoms with van der Waals surface area (Å²) in [7, 11) is 0. The van der Waals surface area contributed by atoms with Crippen molar-refractivity contribution in [2.45, 2.75) is 19.9 Å². The zero-order valence-electron chi connectivity index (χ0n) is 8.70. The Kier molecular flexibility index (Phi) is 2.65. The largest absolute Gasteiger partial charge is 0.305 e. The highest BCUT2D eigenvalue weighted by atomic mass is 79.9. The Morgan fingerprint density at radius 3 is 2.60 bits per heavy atom. The Bertz CT molecular complexity index is 557. The van der Waals surface area contributed by atoms with Crippen LogP contribution < -0.4 is 5.56 Å². The maximum atomic E-state index is 11.9. The van der Waals surface area contributed by atoms with Gasteiger partial charge < -0.3 is 4.57 Å². The first-order chi connectivity index (χ1) is 7.11. The molecule has 0 saturated heterocycles. The SMILES string of the molecule is CC(C)n1c(=O)c(Br)cc2ccccc21. The van der Waals surface area contributed by atoms with Crippen LogP contribution in [0.1, 0.15) is 19.9 Å². The monoisotopic (exact) mass is 265 g/mol. The first-order valence-electron chi connectivity index (χ1n) is 4.91. The van der Waals surface area contributed by atoms with Gasteiger partial charge in [-0.15, -0.1) is 0 Å². The van der Waals surface area contributed by atoms with E-state index in [0.29, 0.717) is 4.47 Å². The van der Waals surface area contributed by atoms with E-state index < -0.39 is 0 Å². The van der Waals surface area contributed by atoms with E-state index in [2.05, 4.69) is 15.9 Å². The molecule has 3 heteroatoms. The number of para-hydroxylation sites is 1. The number of pyridine rings is 1. The molecule has 0 radical (unpaired) electrons. The van der Waals surface area contributed by atoms with Gasteiger partial charge in [-0.2, -0.15) is 0 Å². The number of aromatic nitrogens is 1. The molecule has 2 nitrogen and oxygen atoms in total. The molecule has 0 fully saturated rings. The zero-order valence-corrected chi connectivity index (χ0v) is 10.3. The van der Waals surface area contributed by atoms with Crippen LogP contribution in [0.5, 0.6) is 0 Å². The van der Waals surface area contributed by atoms with Crippen molar-refractivity contribution in [3.8, 4) is 0 Å². The van der Waals surface area contributed by atoms with E-state index in [1.807, 2.05) is 44.2 Å². The third-order valence-corrected chi connectivity index (χ3v) is 2.99. The second-order valence-corrected chi connectivity index (χ2v) is 4.67. The normalized spacial score (nSPS) is 11.2. The fourth-order valence-corrected chi connectivity index (χ4v) is 2.20. The summed E-state index contributed by atoms with van der Waals surface area (Å²) in [5.41, 5.74) is 1.02. The van der Waals surface area contributed by atoms with E-state index in [-0.39, 0.29) is 11.6 Å². The first kappa shape index (κ1) is 10.4. The van der Waals surface area contributed by atoms with Crippen molar-refractivity contribution >= 4 is 26.8 Å². The molecule has 2 aromatic rings. The van der Waals surface area contributed by atoms with E-state index in [0.717, 1.165) is 10.9 Å². The number of nitrogens with zero attached hydrogens (tertiary/aromatic N) is 1. The summed E-state index contributed by atoms with van der Waals surface area (Å²) in [6, 6.07) is 9.95. The van der Waals surface area contributed by atoms with Crippen LogP contribution in [0.2, 0.25) is 0 Å². The van der Waals surface area contributed by atoms with Gasteiger partial charge >= 0.3 is 0 Å². The van der Waals surface area contributed by atoms with Crippen molar-refractivity contribution in [3.63, 3.8) is 0 Å². The molecule has 0 spiro atoms. The highest BCUT2D eigenvalue weighted by molar-refractivity contribution is 9.10. The van der Waals surface area contributed by atoms with E-state index in [1.54, 1.807) is 4.57 Å². The van der Waals surface area contributed by atoms with Gasteiger partial charge in [0.2, 0.25) is 0 Å². The quantitative estimate of drug-likeness (QED) is 0.775. The first-order valence-corrected chi connectivity index (χ1v) is 5.70. The van der Waals surface area contributed by atoms with Crippen molar-refractivity contribution in [1.29, 1.82) is 0 Å². The van der Waals surface area contributed by atoms with Crippen molar-refractivity contribution in [2.75, 3.05) is 0 Å². The number of halogens is 1. The minimum Gasteiger partial charge on any atom is -0.305 e. The average molecular weight is 266 g/mol. The van der Waals surface area contributed by atoms with Gasteiger partial charge in [0.15, 0.2) is 0 Å². The van der Waals surface area contributed by atoms with Crippen LogP contribution in [0, 0.1) is 0 Å². The average Bonchev–Trinajstić information content (AvgIpc) is 2.19. The Hall–Kier alpha value is -1.09. The predicted molar refractivity (Wildman–Crippen MR) is 66.3 cm³/mol. The van der Waals surface area contributed by atoms with Crippen LogP contribution >= 0.6 is 15.9 Å². The molecule has 1 aromatic carbocycles. The second kappa shape index (κ2) is 3.81. The van der Waals surface area contributed by atoms with Crippen LogP contribution in [0.3, 0.4) is 0 Å². The summed E-state index contributed by atoms with van der Waals surface area (Å²) in [5.74, 6) is 0. The topological polar surface area (TPSA) is 22.0 Å². The highest BCUT2D eigenvalue weighted by Gasteiger charge is 2.08. The molecule has 0 amide bonds. The molecule has 0 aliphatic rings. The number of rotatable bonds is 1. The van der Waals surface area contributed by atoms with Crippen molar-refractivity contribution < 1.29 is 0 Å². The molecule has 15 heavy (non-hydrogen) atoms. The van der Waals surface area contributed by atoms with E-state index >= 15 is 0 Å². The minimum atomic E-state index is 0.0312. The molecule has 78 valence electrons. The Balaban J connectivity index is 2.96. The Morgan fingerprint density at radius 1 is 1.27 bits per heavy atom. The van der Waals surface area contributed by atoms with Gasteiger partial charge in [-0.3, -0.25) is 4.79 Å². The lowest BCUT2D eigenvalue weighted by molar-refractivity contribution is 0.598. The number of hydrogen-bond donors (Lipinski definition) is 0. The van der Waals surface area contributed by atoms with Crippen LogP contribution in [0.15, 0.2) is 39.6 Å². The summed E-state index contributed by atoms with van der Waals surface area (Å²) < 4.78 is 2.43. The molecule has 1 heterocycles. The minimum absolute atomic E-state index is 0.0312. The van der Waals surface area contributed by atoms with Crippen molar-refractivity contribution in [2.24, 2.45) is 0 Å². The lowest BCUT2D eigenvalue weighted by Crippen LogP contribution is -2.22. The van der Waals surface area contributed by atoms with Crippen LogP contribution in [-0.4, -0.2) is 4.57 Å². The molecular weight excluding hydrogens is 254 g/mol. The van der Waals surface area contributed by atoms with E-state index in [1.165, 1.54) is 0 Å². The lowest BCUT2D eigenvalue weighted by atomic mass is 10.2. The molecule has 1 aromatic heterocycles. The Morgan fingerprint density at radius 2 is 1.93 bits per heavy atom.